The number of primary amides is 1. The van der Waals surface area contributed by atoms with E-state index in [4.69, 9.17) is 5.73 Å². The standard InChI is InChI=1S/C8H7INO/c9-7-3-1-6(2-4-7)5-8(10)11/h1-5H,(H2,10,11). The molecule has 1 aromatic rings. The maximum absolute atomic E-state index is 10.4. The Morgan fingerprint density at radius 1 is 1.36 bits per heavy atom. The van der Waals surface area contributed by atoms with E-state index in [9.17, 15) is 4.79 Å². The Balaban J connectivity index is 2.74. The van der Waals surface area contributed by atoms with Gasteiger partial charge in [-0.25, -0.2) is 0 Å². The fraction of sp³-hybridized carbons (Fsp3) is 0. The second kappa shape index (κ2) is 3.71. The van der Waals surface area contributed by atoms with E-state index in [-0.39, 0.29) is 0 Å². The van der Waals surface area contributed by atoms with Gasteiger partial charge in [0.25, 0.3) is 0 Å². The molecule has 0 aliphatic heterocycles. The predicted molar refractivity (Wildman–Crippen MR) is 51.8 cm³/mol. The molecule has 0 aliphatic rings. The second-order valence-electron chi connectivity index (χ2n) is 2.10. The molecule has 0 heterocycles. The highest BCUT2D eigenvalue weighted by Gasteiger charge is 1.97. The van der Waals surface area contributed by atoms with Gasteiger partial charge in [0.05, 0.1) is 6.42 Å². The van der Waals surface area contributed by atoms with Crippen molar-refractivity contribution in [3.05, 3.63) is 39.8 Å². The molecule has 11 heavy (non-hydrogen) atoms. The van der Waals surface area contributed by atoms with Gasteiger partial charge in [0.15, 0.2) is 0 Å². The fourth-order valence-corrected chi connectivity index (χ4v) is 1.08. The summed E-state index contributed by atoms with van der Waals surface area (Å²) in [5.74, 6) is -0.411. The number of amides is 1. The lowest BCUT2D eigenvalue weighted by atomic mass is 10.1. The highest BCUT2D eigenvalue weighted by molar-refractivity contribution is 14.1. The third-order valence-corrected chi connectivity index (χ3v) is 1.90. The van der Waals surface area contributed by atoms with Crippen LogP contribution in [0.1, 0.15) is 5.56 Å². The molecular weight excluding hydrogens is 253 g/mol. The average Bonchev–Trinajstić information content (AvgIpc) is 1.93. The van der Waals surface area contributed by atoms with Crippen LogP contribution >= 0.6 is 22.6 Å². The minimum atomic E-state index is -0.411. The summed E-state index contributed by atoms with van der Waals surface area (Å²) < 4.78 is 1.14. The van der Waals surface area contributed by atoms with Gasteiger partial charge in [0.2, 0.25) is 5.91 Å². The van der Waals surface area contributed by atoms with Crippen LogP contribution in [-0.2, 0) is 4.79 Å². The number of benzene rings is 1. The van der Waals surface area contributed by atoms with E-state index in [1.807, 2.05) is 24.3 Å². The third-order valence-electron chi connectivity index (χ3n) is 1.18. The van der Waals surface area contributed by atoms with E-state index in [1.54, 1.807) is 0 Å². The summed E-state index contributed by atoms with van der Waals surface area (Å²) >= 11 is 2.20. The number of hydrogen-bond donors (Lipinski definition) is 1. The number of carbonyl (C=O) groups excluding carboxylic acids is 1. The summed E-state index contributed by atoms with van der Waals surface area (Å²) in [6, 6.07) is 7.56. The van der Waals surface area contributed by atoms with Crippen LogP contribution in [0.2, 0.25) is 0 Å². The van der Waals surface area contributed by atoms with Gasteiger partial charge in [-0.2, -0.15) is 0 Å². The first-order valence-corrected chi connectivity index (χ1v) is 4.16. The molecule has 0 saturated heterocycles. The van der Waals surface area contributed by atoms with Crippen LogP contribution in [0.5, 0.6) is 0 Å². The van der Waals surface area contributed by atoms with E-state index in [1.165, 1.54) is 6.42 Å². The molecule has 1 radical (unpaired) electrons. The Bertz CT molecular complexity index is 255. The highest BCUT2D eigenvalue weighted by atomic mass is 127. The summed E-state index contributed by atoms with van der Waals surface area (Å²) in [5.41, 5.74) is 5.81. The quantitative estimate of drug-likeness (QED) is 0.801. The first-order valence-electron chi connectivity index (χ1n) is 3.08. The van der Waals surface area contributed by atoms with Crippen molar-refractivity contribution in [1.82, 2.24) is 0 Å². The van der Waals surface area contributed by atoms with Crippen LogP contribution in [0.25, 0.3) is 0 Å². The summed E-state index contributed by atoms with van der Waals surface area (Å²) in [6.07, 6.45) is 1.40. The van der Waals surface area contributed by atoms with Gasteiger partial charge in [-0.15, -0.1) is 0 Å². The zero-order valence-corrected chi connectivity index (χ0v) is 7.91. The smallest absolute Gasteiger partial charge is 0.226 e. The SMILES string of the molecule is NC(=O)[CH]c1ccc(I)cc1. The maximum Gasteiger partial charge on any atom is 0.226 e. The Morgan fingerprint density at radius 2 is 1.91 bits per heavy atom. The van der Waals surface area contributed by atoms with E-state index >= 15 is 0 Å². The molecule has 0 unspecified atom stereocenters. The zero-order valence-electron chi connectivity index (χ0n) is 5.75. The van der Waals surface area contributed by atoms with Crippen molar-refractivity contribution in [1.29, 1.82) is 0 Å². The van der Waals surface area contributed by atoms with Gasteiger partial charge in [-0.1, -0.05) is 12.1 Å². The van der Waals surface area contributed by atoms with Gasteiger partial charge < -0.3 is 5.73 Å². The molecule has 1 aromatic carbocycles. The van der Waals surface area contributed by atoms with E-state index in [0.29, 0.717) is 0 Å². The van der Waals surface area contributed by atoms with E-state index in [0.717, 1.165) is 9.13 Å². The van der Waals surface area contributed by atoms with Gasteiger partial charge in [-0.3, -0.25) is 4.79 Å². The van der Waals surface area contributed by atoms with Crippen molar-refractivity contribution in [2.24, 2.45) is 5.73 Å². The molecule has 0 atom stereocenters. The second-order valence-corrected chi connectivity index (χ2v) is 3.34. The minimum Gasteiger partial charge on any atom is -0.369 e. The molecule has 0 aliphatic carbocycles. The van der Waals surface area contributed by atoms with E-state index < -0.39 is 5.91 Å². The largest absolute Gasteiger partial charge is 0.369 e. The van der Waals surface area contributed by atoms with Crippen molar-refractivity contribution < 1.29 is 4.79 Å². The van der Waals surface area contributed by atoms with Crippen molar-refractivity contribution >= 4 is 28.5 Å². The molecule has 1 amide bonds. The molecule has 1 rings (SSSR count). The molecule has 57 valence electrons. The minimum absolute atomic E-state index is 0.411. The lowest BCUT2D eigenvalue weighted by Crippen LogP contribution is -2.11. The van der Waals surface area contributed by atoms with Crippen LogP contribution in [0.3, 0.4) is 0 Å². The maximum atomic E-state index is 10.4. The van der Waals surface area contributed by atoms with Crippen molar-refractivity contribution in [3.8, 4) is 0 Å². The zero-order chi connectivity index (χ0) is 8.27. The lowest BCUT2D eigenvalue weighted by Gasteiger charge is -1.95. The molecule has 2 N–H and O–H groups in total. The molecule has 3 heteroatoms. The Morgan fingerprint density at radius 3 is 2.36 bits per heavy atom. The normalized spacial score (nSPS) is 9.55. The molecule has 2 nitrogen and oxygen atoms in total. The molecule has 0 aromatic heterocycles. The Labute approximate surface area is 78.9 Å². The molecule has 0 bridgehead atoms. The van der Waals surface area contributed by atoms with Crippen LogP contribution in [-0.4, -0.2) is 5.91 Å². The molecule has 0 spiro atoms. The van der Waals surface area contributed by atoms with Crippen LogP contribution < -0.4 is 5.73 Å². The van der Waals surface area contributed by atoms with Crippen LogP contribution in [0, 0.1) is 9.99 Å². The van der Waals surface area contributed by atoms with Gasteiger partial charge in [0.1, 0.15) is 0 Å². The first kappa shape index (κ1) is 8.52. The van der Waals surface area contributed by atoms with Crippen molar-refractivity contribution in [3.63, 3.8) is 0 Å². The van der Waals surface area contributed by atoms with Crippen molar-refractivity contribution in [2.75, 3.05) is 0 Å². The van der Waals surface area contributed by atoms with Crippen LogP contribution in [0.4, 0.5) is 0 Å². The fourth-order valence-electron chi connectivity index (χ4n) is 0.723. The van der Waals surface area contributed by atoms with Gasteiger partial charge >= 0.3 is 0 Å². The van der Waals surface area contributed by atoms with Gasteiger partial charge in [0, 0.05) is 3.57 Å². The number of hydrogen-bond acceptors (Lipinski definition) is 1. The number of carbonyl (C=O) groups is 1. The molecular formula is C8H7INO. The van der Waals surface area contributed by atoms with Crippen molar-refractivity contribution in [2.45, 2.75) is 0 Å². The predicted octanol–water partition coefficient (Wildman–Crippen LogP) is 1.33. The number of rotatable bonds is 2. The average molecular weight is 260 g/mol. The number of nitrogens with two attached hydrogens (primary N) is 1. The summed E-state index contributed by atoms with van der Waals surface area (Å²) in [4.78, 5) is 10.4. The number of halogens is 1. The molecule has 0 fully saturated rings. The summed E-state index contributed by atoms with van der Waals surface area (Å²) in [7, 11) is 0. The highest BCUT2D eigenvalue weighted by Crippen LogP contribution is 2.07. The van der Waals surface area contributed by atoms with Crippen LogP contribution in [0.15, 0.2) is 24.3 Å². The van der Waals surface area contributed by atoms with Gasteiger partial charge in [-0.05, 0) is 40.3 Å². The Kier molecular flexibility index (Phi) is 2.87. The summed E-state index contributed by atoms with van der Waals surface area (Å²) in [6.45, 7) is 0. The third kappa shape index (κ3) is 2.88. The first-order chi connectivity index (χ1) is 5.18. The summed E-state index contributed by atoms with van der Waals surface area (Å²) in [5, 5.41) is 0. The topological polar surface area (TPSA) is 43.1 Å². The van der Waals surface area contributed by atoms with E-state index in [2.05, 4.69) is 22.6 Å². The monoisotopic (exact) mass is 260 g/mol. The Hall–Kier alpha value is -0.580. The molecule has 0 saturated carbocycles. The lowest BCUT2D eigenvalue weighted by molar-refractivity contribution is -0.114.